The predicted octanol–water partition coefficient (Wildman–Crippen LogP) is 2.67. The monoisotopic (exact) mass is 393 g/mol. The van der Waals surface area contributed by atoms with E-state index in [0.29, 0.717) is 18.6 Å². The summed E-state index contributed by atoms with van der Waals surface area (Å²) < 4.78 is 34.5. The second kappa shape index (κ2) is 13.0. The van der Waals surface area contributed by atoms with Crippen LogP contribution in [0.4, 0.5) is 0 Å². The highest BCUT2D eigenvalue weighted by molar-refractivity contribution is 7.54. The van der Waals surface area contributed by atoms with Crippen molar-refractivity contribution in [3.8, 4) is 0 Å². The van der Waals surface area contributed by atoms with Crippen molar-refractivity contribution in [2.24, 2.45) is 0 Å². The largest absolute Gasteiger partial charge is 0.464 e. The van der Waals surface area contributed by atoms with Gasteiger partial charge in [0, 0.05) is 6.61 Å². The molecule has 1 N–H and O–H groups in total. The van der Waals surface area contributed by atoms with Gasteiger partial charge < -0.3 is 23.8 Å². The number of nitrogens with one attached hydrogen (secondary N) is 1. The van der Waals surface area contributed by atoms with E-state index in [1.165, 1.54) is 6.08 Å². The molecule has 0 aromatic rings. The highest BCUT2D eigenvalue weighted by Crippen LogP contribution is 2.51. The van der Waals surface area contributed by atoms with E-state index in [4.69, 9.17) is 18.5 Å². The van der Waals surface area contributed by atoms with Crippen LogP contribution in [0.2, 0.25) is 0 Å². The van der Waals surface area contributed by atoms with Gasteiger partial charge in [-0.2, -0.15) is 0 Å². The molecule has 0 spiro atoms. The maximum Gasteiger partial charge on any atom is 0.335 e. The second-order valence-corrected chi connectivity index (χ2v) is 8.01. The fraction of sp³-hybridized carbons (Fsp3) is 0.765. The molecule has 0 heterocycles. The third kappa shape index (κ3) is 10.7. The number of carbonyl (C=O) groups excluding carboxylic acids is 2. The Bertz CT molecular complexity index is 491. The van der Waals surface area contributed by atoms with E-state index in [1.807, 2.05) is 6.92 Å². The molecule has 0 aliphatic carbocycles. The van der Waals surface area contributed by atoms with Gasteiger partial charge in [-0.25, -0.2) is 4.79 Å². The van der Waals surface area contributed by atoms with Crippen LogP contribution in [0.25, 0.3) is 0 Å². The molecular formula is C17H32NO7P. The van der Waals surface area contributed by atoms with Gasteiger partial charge in [0.05, 0.1) is 31.6 Å². The molecule has 8 nitrogen and oxygen atoms in total. The fourth-order valence-electron chi connectivity index (χ4n) is 2.10. The lowest BCUT2D eigenvalue weighted by Gasteiger charge is -2.24. The topological polar surface area (TPSA) is 100 Å². The minimum atomic E-state index is -3.47. The van der Waals surface area contributed by atoms with E-state index >= 15 is 0 Å². The summed E-state index contributed by atoms with van der Waals surface area (Å²) in [7, 11) is -3.47. The molecular weight excluding hydrogens is 361 g/mol. The summed E-state index contributed by atoms with van der Waals surface area (Å²) in [6.07, 6.45) is 1.22. The maximum absolute atomic E-state index is 13.1. The molecule has 0 aromatic carbocycles. The van der Waals surface area contributed by atoms with Crippen LogP contribution < -0.4 is 5.32 Å². The molecule has 0 bridgehead atoms. The summed E-state index contributed by atoms with van der Waals surface area (Å²) in [6, 6.07) is -1.01. The van der Waals surface area contributed by atoms with Crippen LogP contribution in [-0.4, -0.2) is 56.6 Å². The van der Waals surface area contributed by atoms with Crippen LogP contribution in [0.1, 0.15) is 41.5 Å². The van der Waals surface area contributed by atoms with Gasteiger partial charge in [-0.3, -0.25) is 9.36 Å². The molecule has 1 unspecified atom stereocenters. The van der Waals surface area contributed by atoms with Crippen molar-refractivity contribution >= 4 is 20.0 Å². The Kier molecular flexibility index (Phi) is 12.4. The first-order valence-electron chi connectivity index (χ1n) is 8.76. The van der Waals surface area contributed by atoms with Crippen molar-refractivity contribution < 1.29 is 32.7 Å². The lowest BCUT2D eigenvalue weighted by Crippen LogP contribution is -2.36. The predicted molar refractivity (Wildman–Crippen MR) is 99.1 cm³/mol. The Hall–Kier alpha value is -1.21. The molecule has 0 fully saturated rings. The van der Waals surface area contributed by atoms with E-state index in [9.17, 15) is 14.2 Å². The quantitative estimate of drug-likeness (QED) is 0.210. The van der Waals surface area contributed by atoms with Gasteiger partial charge in [-0.05, 0) is 53.2 Å². The Balaban J connectivity index is 5.61. The van der Waals surface area contributed by atoms with Crippen molar-refractivity contribution in [3.63, 3.8) is 0 Å². The molecule has 0 aromatic heterocycles. The van der Waals surface area contributed by atoms with Crippen LogP contribution in [-0.2, 0) is 32.7 Å². The minimum Gasteiger partial charge on any atom is -0.464 e. The lowest BCUT2D eigenvalue weighted by atomic mass is 10.2. The average Bonchev–Trinajstić information content (AvgIpc) is 2.50. The van der Waals surface area contributed by atoms with Crippen LogP contribution in [0, 0.1) is 0 Å². The van der Waals surface area contributed by atoms with Gasteiger partial charge in [-0.15, -0.1) is 0 Å². The van der Waals surface area contributed by atoms with Gasteiger partial charge in [0.2, 0.25) is 6.41 Å². The number of carbonyl (C=O) groups is 2. The summed E-state index contributed by atoms with van der Waals surface area (Å²) in [5, 5.41) is 2.38. The molecule has 1 atom stereocenters. The van der Waals surface area contributed by atoms with Crippen molar-refractivity contribution in [1.82, 2.24) is 5.32 Å². The smallest absolute Gasteiger partial charge is 0.335 e. The molecule has 1 amide bonds. The van der Waals surface area contributed by atoms with Crippen LogP contribution >= 0.6 is 7.60 Å². The summed E-state index contributed by atoms with van der Waals surface area (Å²) in [5.41, 5.74) is 0.517. The highest BCUT2D eigenvalue weighted by Gasteiger charge is 2.30. The number of rotatable bonds is 14. The first-order valence-corrected chi connectivity index (χ1v) is 10.5. The van der Waals surface area contributed by atoms with Gasteiger partial charge >= 0.3 is 13.6 Å². The van der Waals surface area contributed by atoms with Gasteiger partial charge in [0.25, 0.3) is 0 Å². The number of ether oxygens (including phenoxy) is 2. The zero-order valence-electron chi connectivity index (χ0n) is 16.5. The zero-order valence-corrected chi connectivity index (χ0v) is 17.4. The third-order valence-electron chi connectivity index (χ3n) is 2.82. The third-order valence-corrected chi connectivity index (χ3v) is 5.10. The summed E-state index contributed by atoms with van der Waals surface area (Å²) in [6.45, 7) is 11.3. The van der Waals surface area contributed by atoms with Gasteiger partial charge in [-0.1, -0.05) is 0 Å². The van der Waals surface area contributed by atoms with E-state index in [2.05, 4.69) is 5.32 Å². The van der Waals surface area contributed by atoms with Gasteiger partial charge in [0.15, 0.2) is 0 Å². The molecule has 0 radical (unpaired) electrons. The fourth-order valence-corrected chi connectivity index (χ4v) is 4.27. The van der Waals surface area contributed by atoms with E-state index in [-0.39, 0.29) is 31.6 Å². The molecule has 0 aliphatic rings. The van der Waals surface area contributed by atoms with Crippen LogP contribution in [0.15, 0.2) is 11.6 Å². The maximum atomic E-state index is 13.1. The summed E-state index contributed by atoms with van der Waals surface area (Å²) in [5.74, 6) is -0.613. The van der Waals surface area contributed by atoms with Crippen molar-refractivity contribution in [2.45, 2.75) is 59.8 Å². The zero-order chi connectivity index (χ0) is 20.2. The van der Waals surface area contributed by atoms with Crippen LogP contribution in [0.3, 0.4) is 0 Å². The second-order valence-electron chi connectivity index (χ2n) is 6.05. The van der Waals surface area contributed by atoms with Crippen LogP contribution in [0.5, 0.6) is 0 Å². The first-order chi connectivity index (χ1) is 12.2. The summed E-state index contributed by atoms with van der Waals surface area (Å²) in [4.78, 5) is 22.8. The van der Waals surface area contributed by atoms with E-state index < -0.39 is 19.6 Å². The Morgan fingerprint density at radius 3 is 2.08 bits per heavy atom. The normalized spacial score (nSPS) is 13.8. The molecule has 0 saturated carbocycles. The lowest BCUT2D eigenvalue weighted by molar-refractivity contribution is -0.145. The Labute approximate surface area is 156 Å². The first kappa shape index (κ1) is 24.8. The van der Waals surface area contributed by atoms with Crippen molar-refractivity contribution in [3.05, 3.63) is 11.6 Å². The number of hydrogen-bond acceptors (Lipinski definition) is 7. The Morgan fingerprint density at radius 2 is 1.65 bits per heavy atom. The SMILES string of the molecule is CCOCC(=CC(NC=O)C(=O)OCC)CP(=O)(OC(C)C)OC(C)C. The molecule has 0 aliphatic heterocycles. The molecule has 0 saturated heterocycles. The standard InChI is InChI=1S/C17H32NO7P/c1-7-22-10-15(9-16(18-12-19)17(20)23-8-2)11-26(21,24-13(3)4)25-14(5)6/h9,12-14,16H,7-8,10-11H2,1-6H3,(H,18,19). The van der Waals surface area contributed by atoms with E-state index in [1.54, 1.807) is 34.6 Å². The highest BCUT2D eigenvalue weighted by atomic mass is 31.2. The number of esters is 1. The number of amides is 1. The molecule has 9 heteroatoms. The van der Waals surface area contributed by atoms with Crippen molar-refractivity contribution in [2.75, 3.05) is 26.0 Å². The molecule has 0 rings (SSSR count). The van der Waals surface area contributed by atoms with E-state index in [0.717, 1.165) is 0 Å². The minimum absolute atomic E-state index is 0.0558. The molecule has 26 heavy (non-hydrogen) atoms. The average molecular weight is 393 g/mol. The molecule has 152 valence electrons. The summed E-state index contributed by atoms with van der Waals surface area (Å²) >= 11 is 0. The van der Waals surface area contributed by atoms with Crippen molar-refractivity contribution in [1.29, 1.82) is 0 Å². The van der Waals surface area contributed by atoms with Gasteiger partial charge in [0.1, 0.15) is 6.04 Å². The Morgan fingerprint density at radius 1 is 1.08 bits per heavy atom. The number of hydrogen-bond donors (Lipinski definition) is 1.